The molecule has 2 aliphatic heterocycles. The number of carbonyl (C=O) groups is 2. The van der Waals surface area contributed by atoms with Gasteiger partial charge >= 0.3 is 0 Å². The lowest BCUT2D eigenvalue weighted by atomic mass is 10.1. The zero-order valence-corrected chi connectivity index (χ0v) is 15.3. The standard InChI is InChI=1S/C19H24ClN3O2/c1-3-7-21-9-11-22(12-10-21)18(24)16-6-8-23(19(16)25)15-4-5-17(20)14(2)13-15/h3-5,13,16H,1,6-12H2,2H3. The molecule has 0 saturated carbocycles. The highest BCUT2D eigenvalue weighted by atomic mass is 35.5. The molecule has 5 nitrogen and oxygen atoms in total. The second-order valence-electron chi connectivity index (χ2n) is 6.68. The van der Waals surface area contributed by atoms with Gasteiger partial charge in [0.1, 0.15) is 5.92 Å². The van der Waals surface area contributed by atoms with Crippen LogP contribution in [0.5, 0.6) is 0 Å². The van der Waals surface area contributed by atoms with Gasteiger partial charge in [-0.3, -0.25) is 14.5 Å². The molecule has 2 amide bonds. The quantitative estimate of drug-likeness (QED) is 0.610. The van der Waals surface area contributed by atoms with Gasteiger partial charge in [-0.05, 0) is 37.1 Å². The average Bonchev–Trinajstić information content (AvgIpc) is 2.99. The first-order chi connectivity index (χ1) is 12.0. The molecule has 2 aliphatic rings. The molecule has 0 aliphatic carbocycles. The van der Waals surface area contributed by atoms with E-state index in [2.05, 4.69) is 11.5 Å². The van der Waals surface area contributed by atoms with Crippen molar-refractivity contribution in [3.63, 3.8) is 0 Å². The second kappa shape index (κ2) is 7.58. The molecule has 1 aromatic carbocycles. The maximum absolute atomic E-state index is 12.8. The zero-order chi connectivity index (χ0) is 18.0. The number of hydrogen-bond acceptors (Lipinski definition) is 3. The summed E-state index contributed by atoms with van der Waals surface area (Å²) in [7, 11) is 0. The van der Waals surface area contributed by atoms with Crippen molar-refractivity contribution < 1.29 is 9.59 Å². The summed E-state index contributed by atoms with van der Waals surface area (Å²) >= 11 is 6.06. The molecular formula is C19H24ClN3O2. The van der Waals surface area contributed by atoms with Crippen molar-refractivity contribution in [3.05, 3.63) is 41.4 Å². The van der Waals surface area contributed by atoms with Gasteiger partial charge in [0.15, 0.2) is 0 Å². The molecule has 0 bridgehead atoms. The van der Waals surface area contributed by atoms with Gasteiger partial charge in [-0.25, -0.2) is 0 Å². The number of anilines is 1. The van der Waals surface area contributed by atoms with Crippen LogP contribution in [0.3, 0.4) is 0 Å². The fourth-order valence-corrected chi connectivity index (χ4v) is 3.63. The lowest BCUT2D eigenvalue weighted by Gasteiger charge is -2.35. The zero-order valence-electron chi connectivity index (χ0n) is 14.6. The van der Waals surface area contributed by atoms with E-state index in [1.807, 2.05) is 30.0 Å². The van der Waals surface area contributed by atoms with Crippen molar-refractivity contribution in [1.82, 2.24) is 9.80 Å². The summed E-state index contributed by atoms with van der Waals surface area (Å²) in [6, 6.07) is 5.54. The van der Waals surface area contributed by atoms with Crippen LogP contribution < -0.4 is 4.90 Å². The van der Waals surface area contributed by atoms with Crippen molar-refractivity contribution >= 4 is 29.1 Å². The van der Waals surface area contributed by atoms with E-state index in [0.717, 1.165) is 30.9 Å². The Bertz CT molecular complexity index is 683. The number of aryl methyl sites for hydroxylation is 1. The van der Waals surface area contributed by atoms with Gasteiger partial charge < -0.3 is 9.80 Å². The predicted molar refractivity (Wildman–Crippen MR) is 99.9 cm³/mol. The number of nitrogens with zero attached hydrogens (tertiary/aromatic N) is 3. The minimum Gasteiger partial charge on any atom is -0.339 e. The van der Waals surface area contributed by atoms with Gasteiger partial charge in [-0.15, -0.1) is 6.58 Å². The van der Waals surface area contributed by atoms with E-state index in [4.69, 9.17) is 11.6 Å². The number of amides is 2. The largest absolute Gasteiger partial charge is 0.339 e. The Balaban J connectivity index is 1.64. The van der Waals surface area contributed by atoms with Crippen LogP contribution in [-0.4, -0.2) is 60.9 Å². The summed E-state index contributed by atoms with van der Waals surface area (Å²) in [6.07, 6.45) is 2.45. The van der Waals surface area contributed by atoms with Gasteiger partial charge in [-0.1, -0.05) is 17.7 Å². The number of benzene rings is 1. The van der Waals surface area contributed by atoms with Gasteiger partial charge in [-0.2, -0.15) is 0 Å². The maximum atomic E-state index is 12.8. The molecule has 25 heavy (non-hydrogen) atoms. The summed E-state index contributed by atoms with van der Waals surface area (Å²) in [5.74, 6) is -0.682. The predicted octanol–water partition coefficient (Wildman–Crippen LogP) is 2.33. The summed E-state index contributed by atoms with van der Waals surface area (Å²) in [5, 5.41) is 0.681. The van der Waals surface area contributed by atoms with Crippen LogP contribution in [0.15, 0.2) is 30.9 Å². The van der Waals surface area contributed by atoms with E-state index >= 15 is 0 Å². The van der Waals surface area contributed by atoms with Gasteiger partial charge in [0.2, 0.25) is 11.8 Å². The summed E-state index contributed by atoms with van der Waals surface area (Å²) < 4.78 is 0. The molecule has 2 saturated heterocycles. The number of halogens is 1. The molecule has 0 radical (unpaired) electrons. The minimum atomic E-state index is -0.554. The number of hydrogen-bond donors (Lipinski definition) is 0. The molecule has 6 heteroatoms. The molecule has 0 aromatic heterocycles. The SMILES string of the molecule is C=CCN1CCN(C(=O)C2CCN(c3ccc(Cl)c(C)c3)C2=O)CC1. The number of rotatable bonds is 4. The molecule has 2 fully saturated rings. The Labute approximate surface area is 153 Å². The van der Waals surface area contributed by atoms with Crippen molar-refractivity contribution in [2.75, 3.05) is 44.2 Å². The van der Waals surface area contributed by atoms with E-state index in [1.165, 1.54) is 0 Å². The highest BCUT2D eigenvalue weighted by Gasteiger charge is 2.40. The first kappa shape index (κ1) is 18.0. The summed E-state index contributed by atoms with van der Waals surface area (Å²) in [5.41, 5.74) is 1.75. The van der Waals surface area contributed by atoms with Gasteiger partial charge in [0.25, 0.3) is 0 Å². The van der Waals surface area contributed by atoms with Crippen LogP contribution >= 0.6 is 11.6 Å². The topological polar surface area (TPSA) is 43.9 Å². The highest BCUT2D eigenvalue weighted by Crippen LogP contribution is 2.29. The number of piperazine rings is 1. The smallest absolute Gasteiger partial charge is 0.239 e. The van der Waals surface area contributed by atoms with Gasteiger partial charge in [0, 0.05) is 50.0 Å². The third kappa shape index (κ3) is 3.72. The Morgan fingerprint density at radius 3 is 2.64 bits per heavy atom. The van der Waals surface area contributed by atoms with E-state index in [1.54, 1.807) is 11.0 Å². The maximum Gasteiger partial charge on any atom is 0.239 e. The average molecular weight is 362 g/mol. The summed E-state index contributed by atoms with van der Waals surface area (Å²) in [6.45, 7) is 10.1. The second-order valence-corrected chi connectivity index (χ2v) is 7.09. The van der Waals surface area contributed by atoms with Crippen molar-refractivity contribution in [1.29, 1.82) is 0 Å². The lowest BCUT2D eigenvalue weighted by Crippen LogP contribution is -2.51. The van der Waals surface area contributed by atoms with E-state index in [9.17, 15) is 9.59 Å². The minimum absolute atomic E-state index is 0.0311. The molecule has 0 N–H and O–H groups in total. The Morgan fingerprint density at radius 1 is 1.28 bits per heavy atom. The lowest BCUT2D eigenvalue weighted by molar-refractivity contribution is -0.141. The van der Waals surface area contributed by atoms with E-state index in [0.29, 0.717) is 31.1 Å². The van der Waals surface area contributed by atoms with E-state index < -0.39 is 5.92 Å². The fraction of sp³-hybridized carbons (Fsp3) is 0.474. The van der Waals surface area contributed by atoms with Crippen LogP contribution in [0, 0.1) is 12.8 Å². The molecule has 1 atom stereocenters. The first-order valence-corrected chi connectivity index (χ1v) is 9.08. The molecule has 134 valence electrons. The number of carbonyl (C=O) groups excluding carboxylic acids is 2. The molecule has 1 aromatic rings. The summed E-state index contributed by atoms with van der Waals surface area (Å²) in [4.78, 5) is 31.4. The van der Waals surface area contributed by atoms with Crippen LogP contribution in [0.25, 0.3) is 0 Å². The Kier molecular flexibility index (Phi) is 5.45. The monoisotopic (exact) mass is 361 g/mol. The molecular weight excluding hydrogens is 338 g/mol. The van der Waals surface area contributed by atoms with Crippen molar-refractivity contribution in [3.8, 4) is 0 Å². The third-order valence-corrected chi connectivity index (χ3v) is 5.45. The Morgan fingerprint density at radius 2 is 2.00 bits per heavy atom. The molecule has 1 unspecified atom stereocenters. The van der Waals surface area contributed by atoms with Crippen molar-refractivity contribution in [2.45, 2.75) is 13.3 Å². The highest BCUT2D eigenvalue weighted by molar-refractivity contribution is 6.31. The fourth-order valence-electron chi connectivity index (χ4n) is 3.52. The molecule has 3 rings (SSSR count). The van der Waals surface area contributed by atoms with Crippen LogP contribution in [0.2, 0.25) is 5.02 Å². The van der Waals surface area contributed by atoms with Gasteiger partial charge in [0.05, 0.1) is 0 Å². The third-order valence-electron chi connectivity index (χ3n) is 5.03. The van der Waals surface area contributed by atoms with Crippen LogP contribution in [-0.2, 0) is 9.59 Å². The first-order valence-electron chi connectivity index (χ1n) is 8.71. The normalized spacial score (nSPS) is 21.7. The molecule has 2 heterocycles. The van der Waals surface area contributed by atoms with Crippen molar-refractivity contribution in [2.24, 2.45) is 5.92 Å². The van der Waals surface area contributed by atoms with E-state index in [-0.39, 0.29) is 11.8 Å². The Hall–Kier alpha value is -1.85. The molecule has 0 spiro atoms. The van der Waals surface area contributed by atoms with Crippen LogP contribution in [0.1, 0.15) is 12.0 Å². The van der Waals surface area contributed by atoms with Crippen LogP contribution in [0.4, 0.5) is 5.69 Å².